The second-order valence-corrected chi connectivity index (χ2v) is 7.82. The lowest BCUT2D eigenvalue weighted by Crippen LogP contribution is -2.27. The molecule has 1 N–H and O–H groups in total. The lowest BCUT2D eigenvalue weighted by molar-refractivity contribution is -0.127. The first-order valence-corrected chi connectivity index (χ1v) is 9.64. The molecule has 0 unspecified atom stereocenters. The first-order valence-electron chi connectivity index (χ1n) is 9.26. The summed E-state index contributed by atoms with van der Waals surface area (Å²) in [7, 11) is 3.81. The molecule has 1 aliphatic rings. The first kappa shape index (κ1) is 18.7. The Morgan fingerprint density at radius 3 is 2.75 bits per heavy atom. The monoisotopic (exact) mass is 398 g/mol. The van der Waals surface area contributed by atoms with Crippen molar-refractivity contribution >= 4 is 34.2 Å². The third-order valence-corrected chi connectivity index (χ3v) is 5.92. The minimum Gasteiger partial charge on any atom is -0.369 e. The van der Waals surface area contributed by atoms with Crippen LogP contribution in [0.5, 0.6) is 0 Å². The molecular formula is C20H23ClN6O. The molecule has 1 fully saturated rings. The number of benzene rings is 1. The number of hydrogen-bond acceptors (Lipinski definition) is 5. The fourth-order valence-electron chi connectivity index (χ4n) is 4.18. The topological polar surface area (TPSA) is 75.9 Å². The minimum atomic E-state index is -0.00348. The van der Waals surface area contributed by atoms with E-state index in [0.717, 1.165) is 33.7 Å². The van der Waals surface area contributed by atoms with Gasteiger partial charge in [-0.2, -0.15) is 5.10 Å². The average molecular weight is 399 g/mol. The van der Waals surface area contributed by atoms with E-state index in [0.29, 0.717) is 18.0 Å². The maximum atomic E-state index is 12.5. The highest BCUT2D eigenvalue weighted by molar-refractivity contribution is 6.31. The standard InChI is InChI=1S/C20H23ClN6O/c1-11-18(12(2)27(4)25-11)19-13(7-17(28)26(19)3)9-22-20-15-6-5-14(21)8-16(15)23-10-24-20/h5-6,8,10,13,19H,7,9H2,1-4H3,(H,22,23,24)/t13-,19+/m0/s1. The van der Waals surface area contributed by atoms with Crippen LogP contribution in [0, 0.1) is 19.8 Å². The summed E-state index contributed by atoms with van der Waals surface area (Å²) in [5.74, 6) is 1.03. The van der Waals surface area contributed by atoms with Gasteiger partial charge in [-0.1, -0.05) is 11.6 Å². The lowest BCUT2D eigenvalue weighted by Gasteiger charge is -2.26. The second-order valence-electron chi connectivity index (χ2n) is 7.39. The number of carbonyl (C=O) groups excluding carboxylic acids is 1. The van der Waals surface area contributed by atoms with Crippen LogP contribution in [0.3, 0.4) is 0 Å². The number of halogens is 1. The van der Waals surface area contributed by atoms with E-state index in [1.807, 2.05) is 48.8 Å². The molecule has 1 amide bonds. The smallest absolute Gasteiger partial charge is 0.223 e. The van der Waals surface area contributed by atoms with Crippen LogP contribution in [0.1, 0.15) is 29.4 Å². The van der Waals surface area contributed by atoms with Crippen molar-refractivity contribution in [2.45, 2.75) is 26.3 Å². The predicted molar refractivity (Wildman–Crippen MR) is 109 cm³/mol. The van der Waals surface area contributed by atoms with Gasteiger partial charge < -0.3 is 10.2 Å². The summed E-state index contributed by atoms with van der Waals surface area (Å²) in [5.41, 5.74) is 4.00. The Labute approximate surface area is 168 Å². The number of nitrogens with zero attached hydrogens (tertiary/aromatic N) is 5. The molecule has 0 aliphatic carbocycles. The molecule has 8 heteroatoms. The number of aromatic nitrogens is 4. The molecule has 7 nitrogen and oxygen atoms in total. The molecule has 0 spiro atoms. The summed E-state index contributed by atoms with van der Waals surface area (Å²) >= 11 is 6.07. The van der Waals surface area contributed by atoms with Crippen LogP contribution < -0.4 is 5.32 Å². The van der Waals surface area contributed by atoms with Gasteiger partial charge in [-0.25, -0.2) is 9.97 Å². The van der Waals surface area contributed by atoms with Crippen molar-refractivity contribution < 1.29 is 4.79 Å². The van der Waals surface area contributed by atoms with E-state index in [1.165, 1.54) is 6.33 Å². The van der Waals surface area contributed by atoms with Crippen molar-refractivity contribution in [1.29, 1.82) is 0 Å². The molecule has 2 atom stereocenters. The summed E-state index contributed by atoms with van der Waals surface area (Å²) in [6.45, 7) is 4.69. The fraction of sp³-hybridized carbons (Fsp3) is 0.400. The number of nitrogens with one attached hydrogen (secondary N) is 1. The van der Waals surface area contributed by atoms with Crippen LogP contribution in [0.4, 0.5) is 5.82 Å². The quantitative estimate of drug-likeness (QED) is 0.730. The maximum absolute atomic E-state index is 12.5. The van der Waals surface area contributed by atoms with Gasteiger partial charge in [0, 0.05) is 54.6 Å². The lowest BCUT2D eigenvalue weighted by atomic mass is 9.92. The van der Waals surface area contributed by atoms with Gasteiger partial charge in [-0.15, -0.1) is 0 Å². The molecule has 1 aromatic carbocycles. The van der Waals surface area contributed by atoms with Crippen molar-refractivity contribution in [3.8, 4) is 0 Å². The maximum Gasteiger partial charge on any atom is 0.223 e. The molecule has 0 saturated carbocycles. The van der Waals surface area contributed by atoms with E-state index >= 15 is 0 Å². The summed E-state index contributed by atoms with van der Waals surface area (Å²) in [5, 5.41) is 9.53. The van der Waals surface area contributed by atoms with E-state index in [1.54, 1.807) is 0 Å². The van der Waals surface area contributed by atoms with E-state index in [-0.39, 0.29) is 17.9 Å². The first-order chi connectivity index (χ1) is 13.4. The number of anilines is 1. The van der Waals surface area contributed by atoms with Gasteiger partial charge in [-0.3, -0.25) is 9.48 Å². The van der Waals surface area contributed by atoms with Gasteiger partial charge in [0.25, 0.3) is 0 Å². The van der Waals surface area contributed by atoms with E-state index < -0.39 is 0 Å². The number of rotatable bonds is 4. The zero-order chi connectivity index (χ0) is 20.0. The molecule has 1 aliphatic heterocycles. The van der Waals surface area contributed by atoms with Gasteiger partial charge in [0.1, 0.15) is 12.1 Å². The van der Waals surface area contributed by atoms with Crippen molar-refractivity contribution in [3.05, 3.63) is 46.5 Å². The number of likely N-dealkylation sites (tertiary alicyclic amines) is 1. The number of amides is 1. The number of hydrogen-bond donors (Lipinski definition) is 1. The fourth-order valence-corrected chi connectivity index (χ4v) is 4.35. The molecule has 2 aromatic heterocycles. The second kappa shape index (κ2) is 7.05. The Kier molecular flexibility index (Phi) is 4.71. The van der Waals surface area contributed by atoms with E-state index in [9.17, 15) is 4.79 Å². The number of aryl methyl sites for hydroxylation is 2. The molecule has 0 radical (unpaired) electrons. The van der Waals surface area contributed by atoms with E-state index in [2.05, 4.69) is 27.3 Å². The van der Waals surface area contributed by atoms with Gasteiger partial charge in [0.05, 0.1) is 17.3 Å². The highest BCUT2D eigenvalue weighted by atomic mass is 35.5. The SMILES string of the molecule is Cc1nn(C)c(C)c1[C@H]1[C@H](CNc2ncnc3cc(Cl)ccc23)CC(=O)N1C. The van der Waals surface area contributed by atoms with Gasteiger partial charge in [-0.05, 0) is 32.0 Å². The van der Waals surface area contributed by atoms with Crippen molar-refractivity contribution in [1.82, 2.24) is 24.6 Å². The van der Waals surface area contributed by atoms with Crippen LogP contribution in [-0.2, 0) is 11.8 Å². The summed E-state index contributed by atoms with van der Waals surface area (Å²) in [6.07, 6.45) is 2.02. The zero-order valence-electron chi connectivity index (χ0n) is 16.4. The summed E-state index contributed by atoms with van der Waals surface area (Å²) in [6, 6.07) is 5.56. The molecular weight excluding hydrogens is 376 g/mol. The molecule has 0 bridgehead atoms. The van der Waals surface area contributed by atoms with Crippen LogP contribution in [-0.4, -0.2) is 44.1 Å². The van der Waals surface area contributed by atoms with Crippen LogP contribution in [0.25, 0.3) is 10.9 Å². The Morgan fingerprint density at radius 2 is 2.04 bits per heavy atom. The molecule has 4 rings (SSSR count). The van der Waals surface area contributed by atoms with Crippen LogP contribution >= 0.6 is 11.6 Å². The zero-order valence-corrected chi connectivity index (χ0v) is 17.2. The molecule has 3 heterocycles. The van der Waals surface area contributed by atoms with Crippen LogP contribution in [0.2, 0.25) is 5.02 Å². The van der Waals surface area contributed by atoms with Crippen molar-refractivity contribution in [2.24, 2.45) is 13.0 Å². The van der Waals surface area contributed by atoms with Crippen molar-refractivity contribution in [3.63, 3.8) is 0 Å². The van der Waals surface area contributed by atoms with Gasteiger partial charge >= 0.3 is 0 Å². The minimum absolute atomic E-state index is 0.00348. The third-order valence-electron chi connectivity index (χ3n) is 5.68. The number of carbonyl (C=O) groups is 1. The molecule has 1 saturated heterocycles. The molecule has 28 heavy (non-hydrogen) atoms. The summed E-state index contributed by atoms with van der Waals surface area (Å²) < 4.78 is 1.88. The van der Waals surface area contributed by atoms with Gasteiger partial charge in [0.2, 0.25) is 5.91 Å². The highest BCUT2D eigenvalue weighted by Gasteiger charge is 2.40. The normalized spacial score (nSPS) is 19.6. The molecule has 3 aromatic rings. The Hall–Kier alpha value is -2.67. The van der Waals surface area contributed by atoms with Crippen molar-refractivity contribution in [2.75, 3.05) is 18.9 Å². The third kappa shape index (κ3) is 3.09. The van der Waals surface area contributed by atoms with Crippen LogP contribution in [0.15, 0.2) is 24.5 Å². The van der Waals surface area contributed by atoms with Gasteiger partial charge in [0.15, 0.2) is 0 Å². The Morgan fingerprint density at radius 1 is 1.25 bits per heavy atom. The largest absolute Gasteiger partial charge is 0.369 e. The number of fused-ring (bicyclic) bond motifs is 1. The molecule has 146 valence electrons. The Balaban J connectivity index is 1.63. The van der Waals surface area contributed by atoms with E-state index in [4.69, 9.17) is 11.6 Å². The Bertz CT molecular complexity index is 1060. The highest BCUT2D eigenvalue weighted by Crippen LogP contribution is 2.39. The summed E-state index contributed by atoms with van der Waals surface area (Å²) in [4.78, 5) is 23.0. The predicted octanol–water partition coefficient (Wildman–Crippen LogP) is 3.27. The average Bonchev–Trinajstić information content (AvgIpc) is 3.07.